The second kappa shape index (κ2) is 9.74. The lowest BCUT2D eigenvalue weighted by Gasteiger charge is -2.45. The summed E-state index contributed by atoms with van der Waals surface area (Å²) < 4.78 is 0. The molecule has 0 aromatic carbocycles. The number of carbonyl (C=O) groups excluding carboxylic acids is 2. The number of hydrogen-bond donors (Lipinski definition) is 2. The van der Waals surface area contributed by atoms with E-state index in [1.807, 2.05) is 13.8 Å². The zero-order valence-electron chi connectivity index (χ0n) is 21.7. The van der Waals surface area contributed by atoms with Crippen LogP contribution in [0, 0.1) is 37.5 Å². The fourth-order valence-corrected chi connectivity index (χ4v) is 6.80. The number of aliphatic hydroxyl groups is 2. The Morgan fingerprint density at radius 3 is 2.69 bits per heavy atom. The number of amides is 2. The Morgan fingerprint density at radius 1 is 1.19 bits per heavy atom. The minimum atomic E-state index is -1.06. The van der Waals surface area contributed by atoms with Crippen LogP contribution in [0.1, 0.15) is 56.5 Å². The maximum absolute atomic E-state index is 13.1. The van der Waals surface area contributed by atoms with E-state index < -0.39 is 30.0 Å². The first kappa shape index (κ1) is 25.1. The molecule has 1 aromatic heterocycles. The molecule has 1 saturated heterocycles. The Bertz CT molecular complexity index is 1070. The number of imide groups is 1. The minimum absolute atomic E-state index is 0.150. The zero-order chi connectivity index (χ0) is 25.7. The third kappa shape index (κ3) is 4.20. The lowest BCUT2D eigenvalue weighted by atomic mass is 9.60. The molecule has 5 rings (SSSR count). The van der Waals surface area contributed by atoms with Crippen molar-refractivity contribution in [2.75, 3.05) is 24.5 Å². The molecule has 7 atom stereocenters. The Morgan fingerprint density at radius 2 is 1.94 bits per heavy atom. The van der Waals surface area contributed by atoms with Gasteiger partial charge in [-0.25, -0.2) is 0 Å². The van der Waals surface area contributed by atoms with Gasteiger partial charge in [-0.1, -0.05) is 5.16 Å². The van der Waals surface area contributed by atoms with Gasteiger partial charge in [0.05, 0.1) is 47.7 Å². The molecule has 0 bridgehead atoms. The van der Waals surface area contributed by atoms with E-state index in [1.54, 1.807) is 6.92 Å². The number of anilines is 1. The van der Waals surface area contributed by atoms with Crippen molar-refractivity contribution in [3.05, 3.63) is 23.0 Å². The highest BCUT2D eigenvalue weighted by atomic mass is 16.6. The van der Waals surface area contributed by atoms with Crippen molar-refractivity contribution >= 4 is 23.2 Å². The lowest BCUT2D eigenvalue weighted by molar-refractivity contribution is -0.141. The molecule has 9 heteroatoms. The van der Waals surface area contributed by atoms with Crippen molar-refractivity contribution in [2.45, 2.75) is 78.1 Å². The molecule has 3 fully saturated rings. The number of carbonyl (C=O) groups is 2. The van der Waals surface area contributed by atoms with Crippen LogP contribution in [-0.4, -0.2) is 75.6 Å². The number of aryl methyl sites for hydroxylation is 3. The van der Waals surface area contributed by atoms with Gasteiger partial charge in [-0.3, -0.25) is 19.5 Å². The number of pyridine rings is 1. The molecule has 3 heterocycles. The number of aliphatic hydroxyl groups excluding tert-OH is 2. The molecule has 1 aromatic rings. The van der Waals surface area contributed by atoms with E-state index in [-0.39, 0.29) is 30.3 Å². The largest absolute Gasteiger partial charge is 0.391 e. The van der Waals surface area contributed by atoms with Gasteiger partial charge in [0.25, 0.3) is 0 Å². The monoisotopic (exact) mass is 498 g/mol. The molecular weight excluding hydrogens is 460 g/mol. The number of fused-ring (bicyclic) bond motifs is 4. The molecule has 2 N–H and O–H groups in total. The van der Waals surface area contributed by atoms with Crippen molar-refractivity contribution in [1.29, 1.82) is 0 Å². The number of hydrogen-bond acceptors (Lipinski definition) is 8. The quantitative estimate of drug-likeness (QED) is 0.471. The Kier molecular flexibility index (Phi) is 6.80. The molecule has 2 saturated carbocycles. The number of aromatic nitrogens is 1. The van der Waals surface area contributed by atoms with Crippen LogP contribution in [-0.2, 0) is 20.8 Å². The highest BCUT2D eigenvalue weighted by molar-refractivity contribution is 6.06. The molecule has 9 nitrogen and oxygen atoms in total. The minimum Gasteiger partial charge on any atom is -0.391 e. The van der Waals surface area contributed by atoms with Crippen molar-refractivity contribution in [2.24, 2.45) is 28.8 Å². The Balaban J connectivity index is 1.31. The van der Waals surface area contributed by atoms with Gasteiger partial charge < -0.3 is 20.0 Å². The summed E-state index contributed by atoms with van der Waals surface area (Å²) in [6, 6.07) is 2.21. The predicted octanol–water partition coefficient (Wildman–Crippen LogP) is 1.98. The Hall–Kier alpha value is -2.52. The van der Waals surface area contributed by atoms with Gasteiger partial charge in [-0.2, -0.15) is 0 Å². The van der Waals surface area contributed by atoms with E-state index in [4.69, 9.17) is 9.82 Å². The van der Waals surface area contributed by atoms with Gasteiger partial charge in [0.1, 0.15) is 6.10 Å². The van der Waals surface area contributed by atoms with Crippen LogP contribution in [0.2, 0.25) is 0 Å². The van der Waals surface area contributed by atoms with Crippen LogP contribution in [0.3, 0.4) is 0 Å². The van der Waals surface area contributed by atoms with Gasteiger partial charge in [0, 0.05) is 37.0 Å². The molecule has 0 unspecified atom stereocenters. The van der Waals surface area contributed by atoms with Crippen LogP contribution in [0.25, 0.3) is 0 Å². The van der Waals surface area contributed by atoms with E-state index in [1.165, 1.54) is 10.5 Å². The number of nitrogens with zero attached hydrogens (tertiary/aromatic N) is 4. The number of oxime groups is 1. The first-order valence-electron chi connectivity index (χ1n) is 13.4. The van der Waals surface area contributed by atoms with Gasteiger partial charge in [-0.05, 0) is 65.0 Å². The fraction of sp³-hybridized carbons (Fsp3) is 0.704. The third-order valence-electron chi connectivity index (χ3n) is 8.72. The molecule has 0 spiro atoms. The van der Waals surface area contributed by atoms with Gasteiger partial charge in [-0.15, -0.1) is 0 Å². The molecule has 36 heavy (non-hydrogen) atoms. The predicted molar refractivity (Wildman–Crippen MR) is 134 cm³/mol. The van der Waals surface area contributed by atoms with Crippen molar-refractivity contribution in [3.63, 3.8) is 0 Å². The second-order valence-corrected chi connectivity index (χ2v) is 11.0. The summed E-state index contributed by atoms with van der Waals surface area (Å²) in [6.45, 7) is 9.82. The van der Waals surface area contributed by atoms with Crippen LogP contribution in [0.4, 0.5) is 5.69 Å². The average Bonchev–Trinajstić information content (AvgIpc) is 3.10. The van der Waals surface area contributed by atoms with Crippen molar-refractivity contribution in [1.82, 2.24) is 9.88 Å². The maximum atomic E-state index is 13.1. The standard InChI is InChI=1S/C27H38N4O5/c1-5-31-26(34)18-9-8-17-20(12-22(32)25(33)23(17)24(18)27(31)35)29-36-15(3)13-30-10-6-7-19-21(30)11-14(2)16(4)28-19/h11,15,17-18,22-25,32-33H,5-10,12-13H2,1-4H3/b29-20+/t15-,17+,18-,22-,23+,24-,25-/m1/s1. The number of likely N-dealkylation sites (tertiary alicyclic amines) is 1. The summed E-state index contributed by atoms with van der Waals surface area (Å²) in [5.74, 6) is -2.11. The highest BCUT2D eigenvalue weighted by Gasteiger charge is 2.59. The molecule has 2 aliphatic carbocycles. The number of rotatable bonds is 5. The second-order valence-electron chi connectivity index (χ2n) is 11.0. The first-order chi connectivity index (χ1) is 17.2. The van der Waals surface area contributed by atoms with Crippen LogP contribution >= 0.6 is 0 Å². The van der Waals surface area contributed by atoms with E-state index in [9.17, 15) is 19.8 Å². The third-order valence-corrected chi connectivity index (χ3v) is 8.72. The van der Waals surface area contributed by atoms with Gasteiger partial charge in [0.15, 0.2) is 0 Å². The summed E-state index contributed by atoms with van der Waals surface area (Å²) in [4.78, 5) is 40.2. The van der Waals surface area contributed by atoms with Gasteiger partial charge >= 0.3 is 0 Å². The Labute approximate surface area is 212 Å². The SMILES string of the molecule is CCN1C(=O)[C@H]2[C@H]3[C@H](O)[C@H](O)C/C(=N\O[C@H](C)CN4CCCc5nc(C)c(C)cc54)[C@@H]3CC[C@H]2C1=O. The van der Waals surface area contributed by atoms with Crippen LogP contribution in [0.15, 0.2) is 11.2 Å². The molecule has 2 amide bonds. The molecule has 0 radical (unpaired) electrons. The summed E-state index contributed by atoms with van der Waals surface area (Å²) >= 11 is 0. The summed E-state index contributed by atoms with van der Waals surface area (Å²) in [5, 5.41) is 26.0. The first-order valence-corrected chi connectivity index (χ1v) is 13.4. The van der Waals surface area contributed by atoms with E-state index in [0.29, 0.717) is 31.6 Å². The normalized spacial score (nSPS) is 33.9. The lowest BCUT2D eigenvalue weighted by Crippen LogP contribution is -2.54. The molecule has 196 valence electrons. The van der Waals surface area contributed by atoms with Crippen molar-refractivity contribution < 1.29 is 24.6 Å². The summed E-state index contributed by atoms with van der Waals surface area (Å²) in [7, 11) is 0. The molecule has 2 aliphatic heterocycles. The summed E-state index contributed by atoms with van der Waals surface area (Å²) in [6.07, 6.45) is 1.17. The van der Waals surface area contributed by atoms with E-state index in [0.717, 1.165) is 36.5 Å². The molecular formula is C27H38N4O5. The smallest absolute Gasteiger partial charge is 0.233 e. The summed E-state index contributed by atoms with van der Waals surface area (Å²) in [5.41, 5.74) is 5.21. The average molecular weight is 499 g/mol. The van der Waals surface area contributed by atoms with E-state index in [2.05, 4.69) is 23.0 Å². The maximum Gasteiger partial charge on any atom is 0.233 e. The van der Waals surface area contributed by atoms with E-state index >= 15 is 0 Å². The van der Waals surface area contributed by atoms with Crippen LogP contribution in [0.5, 0.6) is 0 Å². The molecule has 4 aliphatic rings. The zero-order valence-corrected chi connectivity index (χ0v) is 21.7. The fourth-order valence-electron chi connectivity index (χ4n) is 6.80. The van der Waals surface area contributed by atoms with Crippen molar-refractivity contribution in [3.8, 4) is 0 Å². The highest BCUT2D eigenvalue weighted by Crippen LogP contribution is 2.49. The van der Waals surface area contributed by atoms with Gasteiger partial charge in [0.2, 0.25) is 11.8 Å². The topological polar surface area (TPSA) is 116 Å². The van der Waals surface area contributed by atoms with Crippen LogP contribution < -0.4 is 4.90 Å².